The number of thioether (sulfide) groups is 1. The molecule has 118 valence electrons. The second kappa shape index (κ2) is 6.86. The van der Waals surface area contributed by atoms with Crippen LogP contribution in [0.15, 0.2) is 33.6 Å². The highest BCUT2D eigenvalue weighted by Gasteiger charge is 2.23. The highest BCUT2D eigenvalue weighted by molar-refractivity contribution is 7.98. The molecule has 4 nitrogen and oxygen atoms in total. The third kappa shape index (κ3) is 3.37. The molecule has 0 amide bonds. The summed E-state index contributed by atoms with van der Waals surface area (Å²) in [5.41, 5.74) is 7.84. The van der Waals surface area contributed by atoms with Crippen LogP contribution in [-0.4, -0.2) is 35.8 Å². The molecule has 0 spiro atoms. The molecule has 1 aliphatic rings. The van der Waals surface area contributed by atoms with Gasteiger partial charge in [0.05, 0.1) is 5.69 Å². The van der Waals surface area contributed by atoms with Gasteiger partial charge in [-0.2, -0.15) is 0 Å². The Balaban J connectivity index is 1.73. The Bertz CT molecular complexity index is 623. The molecule has 5 heteroatoms. The minimum Gasteiger partial charge on any atom is -0.441 e. The summed E-state index contributed by atoms with van der Waals surface area (Å²) >= 11 is 1.74. The van der Waals surface area contributed by atoms with Crippen molar-refractivity contribution >= 4 is 11.8 Å². The molecule has 0 saturated carbocycles. The van der Waals surface area contributed by atoms with Gasteiger partial charge in [-0.25, -0.2) is 4.98 Å². The predicted octanol–water partition coefficient (Wildman–Crippen LogP) is 3.15. The first-order chi connectivity index (χ1) is 10.7. The van der Waals surface area contributed by atoms with E-state index < -0.39 is 0 Å². The van der Waals surface area contributed by atoms with Crippen molar-refractivity contribution < 1.29 is 4.42 Å². The Hall–Kier alpha value is -1.30. The van der Waals surface area contributed by atoms with E-state index in [0.717, 1.165) is 49.1 Å². The van der Waals surface area contributed by atoms with E-state index in [4.69, 9.17) is 15.1 Å². The number of hydrogen-bond donors (Lipinski definition) is 1. The molecule has 3 rings (SSSR count). The summed E-state index contributed by atoms with van der Waals surface area (Å²) in [7, 11) is 0. The van der Waals surface area contributed by atoms with E-state index >= 15 is 0 Å². The smallest absolute Gasteiger partial charge is 0.226 e. The van der Waals surface area contributed by atoms with Crippen molar-refractivity contribution in [1.82, 2.24) is 9.88 Å². The maximum atomic E-state index is 5.87. The van der Waals surface area contributed by atoms with Crippen molar-refractivity contribution in [2.24, 2.45) is 11.7 Å². The van der Waals surface area contributed by atoms with Crippen molar-refractivity contribution in [1.29, 1.82) is 0 Å². The fourth-order valence-corrected chi connectivity index (χ4v) is 3.30. The molecule has 1 saturated heterocycles. The van der Waals surface area contributed by atoms with Gasteiger partial charge in [0.1, 0.15) is 5.76 Å². The number of benzene rings is 1. The summed E-state index contributed by atoms with van der Waals surface area (Å²) < 4.78 is 5.87. The molecule has 2 heterocycles. The van der Waals surface area contributed by atoms with Crippen LogP contribution in [0.4, 0.5) is 0 Å². The van der Waals surface area contributed by atoms with Gasteiger partial charge in [-0.05, 0) is 62.9 Å². The average Bonchev–Trinajstić information content (AvgIpc) is 3.15. The van der Waals surface area contributed by atoms with Crippen LogP contribution in [-0.2, 0) is 6.54 Å². The SMILES string of the molecule is CSc1ccc(-c2nc(CN3CC[C@@H](CN)C3)c(C)o2)cc1. The number of likely N-dealkylation sites (tertiary alicyclic amines) is 1. The highest BCUT2D eigenvalue weighted by Crippen LogP contribution is 2.26. The highest BCUT2D eigenvalue weighted by atomic mass is 32.2. The molecule has 1 atom stereocenters. The Morgan fingerprint density at radius 2 is 2.14 bits per heavy atom. The predicted molar refractivity (Wildman–Crippen MR) is 90.9 cm³/mol. The van der Waals surface area contributed by atoms with E-state index in [1.807, 2.05) is 6.92 Å². The summed E-state index contributed by atoms with van der Waals surface area (Å²) in [5.74, 6) is 2.26. The van der Waals surface area contributed by atoms with Gasteiger partial charge in [0, 0.05) is 23.5 Å². The lowest BCUT2D eigenvalue weighted by Gasteiger charge is -2.13. The van der Waals surface area contributed by atoms with Gasteiger partial charge >= 0.3 is 0 Å². The Morgan fingerprint density at radius 1 is 1.36 bits per heavy atom. The number of nitrogens with two attached hydrogens (primary N) is 1. The first-order valence-electron chi connectivity index (χ1n) is 7.72. The lowest BCUT2D eigenvalue weighted by atomic mass is 10.1. The number of nitrogens with zero attached hydrogens (tertiary/aromatic N) is 2. The number of aromatic nitrogens is 1. The van der Waals surface area contributed by atoms with Gasteiger partial charge in [0.2, 0.25) is 5.89 Å². The lowest BCUT2D eigenvalue weighted by Crippen LogP contribution is -2.23. The topological polar surface area (TPSA) is 55.3 Å². The van der Waals surface area contributed by atoms with Gasteiger partial charge in [0.25, 0.3) is 0 Å². The number of oxazole rings is 1. The number of rotatable bonds is 5. The number of hydrogen-bond acceptors (Lipinski definition) is 5. The largest absolute Gasteiger partial charge is 0.441 e. The lowest BCUT2D eigenvalue weighted by molar-refractivity contribution is 0.312. The molecule has 1 aromatic carbocycles. The maximum Gasteiger partial charge on any atom is 0.226 e. The van der Waals surface area contributed by atoms with E-state index in [1.165, 1.54) is 11.3 Å². The van der Waals surface area contributed by atoms with Gasteiger partial charge < -0.3 is 10.2 Å². The van der Waals surface area contributed by atoms with Crippen LogP contribution < -0.4 is 5.73 Å². The summed E-state index contributed by atoms with van der Waals surface area (Å²) in [6.45, 7) is 5.81. The Kier molecular flexibility index (Phi) is 4.86. The molecule has 22 heavy (non-hydrogen) atoms. The first-order valence-corrected chi connectivity index (χ1v) is 8.95. The number of aryl methyl sites for hydroxylation is 1. The molecule has 0 radical (unpaired) electrons. The van der Waals surface area contributed by atoms with E-state index in [9.17, 15) is 0 Å². The van der Waals surface area contributed by atoms with Gasteiger partial charge in [-0.3, -0.25) is 4.90 Å². The summed E-state index contributed by atoms with van der Waals surface area (Å²) in [6, 6.07) is 8.35. The second-order valence-electron chi connectivity index (χ2n) is 5.88. The Labute approximate surface area is 136 Å². The summed E-state index contributed by atoms with van der Waals surface area (Å²) in [6.07, 6.45) is 3.27. The van der Waals surface area contributed by atoms with Crippen molar-refractivity contribution in [3.8, 4) is 11.5 Å². The third-order valence-electron chi connectivity index (χ3n) is 4.31. The third-order valence-corrected chi connectivity index (χ3v) is 5.05. The normalized spacial score (nSPS) is 19.0. The van der Waals surface area contributed by atoms with E-state index in [1.54, 1.807) is 11.8 Å². The summed E-state index contributed by atoms with van der Waals surface area (Å²) in [5, 5.41) is 0. The molecule has 0 bridgehead atoms. The zero-order valence-corrected chi connectivity index (χ0v) is 14.0. The van der Waals surface area contributed by atoms with Crippen LogP contribution in [0.1, 0.15) is 17.9 Å². The fraction of sp³-hybridized carbons (Fsp3) is 0.471. The first kappa shape index (κ1) is 15.6. The molecule has 1 aromatic heterocycles. The molecule has 1 fully saturated rings. The van der Waals surface area contributed by atoms with Crippen molar-refractivity contribution in [3.05, 3.63) is 35.7 Å². The monoisotopic (exact) mass is 317 g/mol. The zero-order valence-electron chi connectivity index (χ0n) is 13.2. The maximum absolute atomic E-state index is 5.87. The molecular weight excluding hydrogens is 294 g/mol. The van der Waals surface area contributed by atoms with Crippen molar-refractivity contribution in [2.75, 3.05) is 25.9 Å². The standard InChI is InChI=1S/C17H23N3OS/c1-12-16(11-20-8-7-13(9-18)10-20)19-17(21-12)14-3-5-15(22-2)6-4-14/h3-6,13H,7-11,18H2,1-2H3/t13-/m0/s1. The van der Waals surface area contributed by atoms with E-state index in [2.05, 4.69) is 35.4 Å². The van der Waals surface area contributed by atoms with Gasteiger partial charge in [-0.15, -0.1) is 11.8 Å². The van der Waals surface area contributed by atoms with Crippen LogP contribution >= 0.6 is 11.8 Å². The van der Waals surface area contributed by atoms with Crippen LogP contribution in [0.3, 0.4) is 0 Å². The average molecular weight is 317 g/mol. The van der Waals surface area contributed by atoms with Crippen LogP contribution in [0.25, 0.3) is 11.5 Å². The zero-order chi connectivity index (χ0) is 15.5. The second-order valence-corrected chi connectivity index (χ2v) is 6.76. The fourth-order valence-electron chi connectivity index (χ4n) is 2.89. The molecule has 1 aliphatic heterocycles. The van der Waals surface area contributed by atoms with Crippen LogP contribution in [0.5, 0.6) is 0 Å². The molecule has 0 aliphatic carbocycles. The molecule has 0 unspecified atom stereocenters. The molecule has 2 aromatic rings. The molecular formula is C17H23N3OS. The van der Waals surface area contributed by atoms with Crippen LogP contribution in [0.2, 0.25) is 0 Å². The molecule has 2 N–H and O–H groups in total. The Morgan fingerprint density at radius 3 is 2.77 bits per heavy atom. The minimum absolute atomic E-state index is 0.630. The van der Waals surface area contributed by atoms with E-state index in [0.29, 0.717) is 5.92 Å². The van der Waals surface area contributed by atoms with Crippen LogP contribution in [0, 0.1) is 12.8 Å². The van der Waals surface area contributed by atoms with E-state index in [-0.39, 0.29) is 0 Å². The quantitative estimate of drug-likeness (QED) is 0.859. The van der Waals surface area contributed by atoms with Gasteiger partial charge in [-0.1, -0.05) is 0 Å². The summed E-state index contributed by atoms with van der Waals surface area (Å²) in [4.78, 5) is 8.37. The van der Waals surface area contributed by atoms with Gasteiger partial charge in [0.15, 0.2) is 0 Å². The van der Waals surface area contributed by atoms with Crippen molar-refractivity contribution in [2.45, 2.75) is 24.8 Å². The van der Waals surface area contributed by atoms with Crippen molar-refractivity contribution in [3.63, 3.8) is 0 Å². The minimum atomic E-state index is 0.630.